The molecule has 0 atom stereocenters. The van der Waals surface area contributed by atoms with E-state index in [2.05, 4.69) is 0 Å². The van der Waals surface area contributed by atoms with Gasteiger partial charge in [-0.05, 0) is 18.2 Å². The Morgan fingerprint density at radius 1 is 1.14 bits per heavy atom. The van der Waals surface area contributed by atoms with Crippen LogP contribution in [0, 0.1) is 0 Å². The van der Waals surface area contributed by atoms with Gasteiger partial charge < -0.3 is 15.9 Å². The number of carbonyl (C=O) groups is 2. The monoisotopic (exact) mass is 239 g/mol. The van der Waals surface area contributed by atoms with Crippen molar-refractivity contribution in [3.05, 3.63) is 29.3 Å². The Balaban J connectivity index is 0.00000169. The van der Waals surface area contributed by atoms with Gasteiger partial charge in [-0.3, -0.25) is 0 Å². The van der Waals surface area contributed by atoms with Crippen LogP contribution in [0.15, 0.2) is 18.2 Å². The SMILES string of the molecule is Nc1cc(C(=O)O)ccc1C(=O)O.[Ni]. The zero-order chi connectivity index (χ0) is 10.0. The summed E-state index contributed by atoms with van der Waals surface area (Å²) in [6.45, 7) is 0. The van der Waals surface area contributed by atoms with Gasteiger partial charge in [0.15, 0.2) is 0 Å². The van der Waals surface area contributed by atoms with Gasteiger partial charge >= 0.3 is 11.9 Å². The van der Waals surface area contributed by atoms with Gasteiger partial charge in [-0.15, -0.1) is 0 Å². The third kappa shape index (κ3) is 2.47. The molecule has 4 N–H and O–H groups in total. The normalized spacial score (nSPS) is 8.86. The Hall–Kier alpha value is -1.55. The van der Waals surface area contributed by atoms with Crippen molar-refractivity contribution in [2.24, 2.45) is 0 Å². The number of anilines is 1. The quantitative estimate of drug-likeness (QED) is 0.520. The zero-order valence-corrected chi connectivity index (χ0v) is 7.82. The van der Waals surface area contributed by atoms with Gasteiger partial charge in [-0.2, -0.15) is 0 Å². The summed E-state index contributed by atoms with van der Waals surface area (Å²) >= 11 is 0. The second-order valence-electron chi connectivity index (χ2n) is 2.41. The van der Waals surface area contributed by atoms with Crippen LogP contribution in [-0.2, 0) is 16.5 Å². The van der Waals surface area contributed by atoms with E-state index in [9.17, 15) is 9.59 Å². The molecule has 0 aliphatic heterocycles. The molecular weight excluding hydrogens is 233 g/mol. The van der Waals surface area contributed by atoms with Crippen LogP contribution in [0.1, 0.15) is 20.7 Å². The zero-order valence-electron chi connectivity index (χ0n) is 6.84. The third-order valence-electron chi connectivity index (χ3n) is 1.53. The number of hydrogen-bond donors (Lipinski definition) is 3. The van der Waals surface area contributed by atoms with Crippen LogP contribution in [0.25, 0.3) is 0 Å². The van der Waals surface area contributed by atoms with E-state index >= 15 is 0 Å². The van der Waals surface area contributed by atoms with Crippen molar-refractivity contribution in [2.75, 3.05) is 5.73 Å². The first-order chi connectivity index (χ1) is 6.02. The van der Waals surface area contributed by atoms with Crippen LogP contribution in [-0.4, -0.2) is 22.2 Å². The molecule has 0 saturated heterocycles. The average molecular weight is 240 g/mol. The molecule has 0 bridgehead atoms. The van der Waals surface area contributed by atoms with E-state index in [4.69, 9.17) is 15.9 Å². The molecule has 1 aromatic rings. The summed E-state index contributed by atoms with van der Waals surface area (Å²) in [4.78, 5) is 20.9. The molecule has 0 radical (unpaired) electrons. The summed E-state index contributed by atoms with van der Waals surface area (Å²) in [6.07, 6.45) is 0. The van der Waals surface area contributed by atoms with Crippen LogP contribution in [0.5, 0.6) is 0 Å². The molecule has 6 heteroatoms. The minimum Gasteiger partial charge on any atom is -0.478 e. The van der Waals surface area contributed by atoms with Gasteiger partial charge in [-0.1, -0.05) is 0 Å². The van der Waals surface area contributed by atoms with Crippen molar-refractivity contribution < 1.29 is 36.3 Å². The van der Waals surface area contributed by atoms with E-state index in [0.717, 1.165) is 6.07 Å². The maximum Gasteiger partial charge on any atom is 0.337 e. The van der Waals surface area contributed by atoms with Crippen LogP contribution >= 0.6 is 0 Å². The van der Waals surface area contributed by atoms with E-state index in [-0.39, 0.29) is 33.3 Å². The molecule has 78 valence electrons. The van der Waals surface area contributed by atoms with Gasteiger partial charge in [0, 0.05) is 22.2 Å². The van der Waals surface area contributed by atoms with Crippen molar-refractivity contribution >= 4 is 17.6 Å². The second kappa shape index (κ2) is 4.62. The van der Waals surface area contributed by atoms with Crippen LogP contribution in [0.3, 0.4) is 0 Å². The summed E-state index contributed by atoms with van der Waals surface area (Å²) in [6, 6.07) is 3.48. The predicted octanol–water partition coefficient (Wildman–Crippen LogP) is 0.663. The van der Waals surface area contributed by atoms with E-state index in [0.29, 0.717) is 0 Å². The number of carboxylic acid groups (broad SMARTS) is 2. The molecule has 14 heavy (non-hydrogen) atoms. The Morgan fingerprint density at radius 3 is 2.07 bits per heavy atom. The van der Waals surface area contributed by atoms with Gasteiger partial charge in [0.05, 0.1) is 11.1 Å². The number of nitrogens with two attached hydrogens (primary N) is 1. The Kier molecular flexibility index (Phi) is 4.11. The molecule has 1 aromatic carbocycles. The fraction of sp³-hybridized carbons (Fsp3) is 0. The maximum absolute atomic E-state index is 10.5. The van der Waals surface area contributed by atoms with Crippen molar-refractivity contribution in [3.63, 3.8) is 0 Å². The van der Waals surface area contributed by atoms with Gasteiger partial charge in [0.2, 0.25) is 0 Å². The number of carboxylic acids is 2. The molecule has 0 heterocycles. The topological polar surface area (TPSA) is 101 Å². The molecule has 0 aliphatic rings. The van der Waals surface area contributed by atoms with Gasteiger partial charge in [0.1, 0.15) is 0 Å². The third-order valence-corrected chi connectivity index (χ3v) is 1.53. The molecule has 5 nitrogen and oxygen atoms in total. The number of hydrogen-bond acceptors (Lipinski definition) is 3. The van der Waals surface area contributed by atoms with Crippen molar-refractivity contribution in [2.45, 2.75) is 0 Å². The smallest absolute Gasteiger partial charge is 0.337 e. The Labute approximate surface area is 89.5 Å². The second-order valence-corrected chi connectivity index (χ2v) is 2.41. The largest absolute Gasteiger partial charge is 0.478 e. The average Bonchev–Trinajstić information content (AvgIpc) is 2.03. The number of nitrogen functional groups attached to an aromatic ring is 1. The van der Waals surface area contributed by atoms with Crippen LogP contribution in [0.4, 0.5) is 5.69 Å². The molecule has 1 rings (SSSR count). The Bertz CT molecular complexity index is 378. The minimum absolute atomic E-state index is 0. The van der Waals surface area contributed by atoms with Gasteiger partial charge in [-0.25, -0.2) is 9.59 Å². The summed E-state index contributed by atoms with van der Waals surface area (Å²) < 4.78 is 0. The van der Waals surface area contributed by atoms with E-state index in [1.807, 2.05) is 0 Å². The number of rotatable bonds is 2. The number of aromatic carboxylic acids is 2. The van der Waals surface area contributed by atoms with Crippen molar-refractivity contribution in [1.82, 2.24) is 0 Å². The minimum atomic E-state index is -1.17. The first-order valence-electron chi connectivity index (χ1n) is 3.38. The molecule has 0 aliphatic carbocycles. The van der Waals surface area contributed by atoms with E-state index in [1.54, 1.807) is 0 Å². The van der Waals surface area contributed by atoms with E-state index < -0.39 is 11.9 Å². The number of benzene rings is 1. The first-order valence-corrected chi connectivity index (χ1v) is 3.38. The molecule has 0 saturated carbocycles. The molecule has 0 fully saturated rings. The molecule has 0 amide bonds. The maximum atomic E-state index is 10.5. The molecule has 0 spiro atoms. The summed E-state index contributed by atoms with van der Waals surface area (Å²) in [5, 5.41) is 17.1. The standard InChI is InChI=1S/C8H7NO4.Ni/c9-6-3-4(7(10)11)1-2-5(6)8(12)13;/h1-3H,9H2,(H,10,11)(H,12,13);. The van der Waals surface area contributed by atoms with Crippen molar-refractivity contribution in [1.29, 1.82) is 0 Å². The predicted molar refractivity (Wildman–Crippen MR) is 44.8 cm³/mol. The van der Waals surface area contributed by atoms with Gasteiger partial charge in [0.25, 0.3) is 0 Å². The first kappa shape index (κ1) is 12.5. The van der Waals surface area contributed by atoms with Crippen LogP contribution in [0.2, 0.25) is 0 Å². The summed E-state index contributed by atoms with van der Waals surface area (Å²) in [7, 11) is 0. The molecule has 0 unspecified atom stereocenters. The molecule has 0 aromatic heterocycles. The summed E-state index contributed by atoms with van der Waals surface area (Å²) in [5.74, 6) is -2.31. The van der Waals surface area contributed by atoms with Crippen molar-refractivity contribution in [3.8, 4) is 0 Å². The van der Waals surface area contributed by atoms with Crippen LogP contribution < -0.4 is 5.73 Å². The fourth-order valence-corrected chi connectivity index (χ4v) is 0.891. The fourth-order valence-electron chi connectivity index (χ4n) is 0.891. The van der Waals surface area contributed by atoms with E-state index in [1.165, 1.54) is 12.1 Å². The molecular formula is C8H7NNiO4. The Morgan fingerprint density at radius 2 is 1.71 bits per heavy atom. The summed E-state index contributed by atoms with van der Waals surface area (Å²) in [5.41, 5.74) is 5.15.